The van der Waals surface area contributed by atoms with E-state index >= 15 is 0 Å². The van der Waals surface area contributed by atoms with Crippen molar-refractivity contribution in [1.82, 2.24) is 15.1 Å². The number of hydrogen-bond acceptors (Lipinski definition) is 5. The molecule has 0 bridgehead atoms. The van der Waals surface area contributed by atoms with Gasteiger partial charge in [0, 0.05) is 6.20 Å². The van der Waals surface area contributed by atoms with Crippen LogP contribution < -0.4 is 5.73 Å². The van der Waals surface area contributed by atoms with Gasteiger partial charge in [0.25, 0.3) is 5.71 Å². The van der Waals surface area contributed by atoms with Gasteiger partial charge in [-0.05, 0) is 6.42 Å². The normalized spacial score (nSPS) is 10.8. The Morgan fingerprint density at radius 2 is 2.42 bits per heavy atom. The van der Waals surface area contributed by atoms with Crippen molar-refractivity contribution in [3.63, 3.8) is 0 Å². The maximum absolute atomic E-state index is 5.36. The lowest BCUT2D eigenvalue weighted by molar-refractivity contribution is 0.440. The van der Waals surface area contributed by atoms with Crippen LogP contribution in [0.15, 0.2) is 10.7 Å². The molecule has 0 aliphatic heterocycles. The van der Waals surface area contributed by atoms with Gasteiger partial charge in [-0.25, -0.2) is 4.98 Å². The van der Waals surface area contributed by atoms with Crippen LogP contribution in [0.2, 0.25) is 0 Å². The molecule has 62 valence electrons. The molecule has 5 heteroatoms. The lowest BCUT2D eigenvalue weighted by Gasteiger charge is -1.89. The summed E-state index contributed by atoms with van der Waals surface area (Å²) in [5.41, 5.74) is 6.69. The Morgan fingerprint density at radius 1 is 1.58 bits per heavy atom. The van der Waals surface area contributed by atoms with Crippen LogP contribution >= 0.6 is 0 Å². The maximum Gasteiger partial charge on any atom is 0.262 e. The van der Waals surface area contributed by atoms with E-state index < -0.39 is 0 Å². The van der Waals surface area contributed by atoms with Crippen molar-refractivity contribution in [2.45, 2.75) is 13.3 Å². The first kappa shape index (κ1) is 7.02. The van der Waals surface area contributed by atoms with E-state index in [0.29, 0.717) is 5.71 Å². The SMILES string of the molecule is CCc1noc2nc(N)ncc12. The molecule has 2 aromatic rings. The van der Waals surface area contributed by atoms with E-state index in [0.717, 1.165) is 17.5 Å². The van der Waals surface area contributed by atoms with Crippen molar-refractivity contribution >= 4 is 17.0 Å². The lowest BCUT2D eigenvalue weighted by Crippen LogP contribution is -1.92. The molecule has 0 atom stereocenters. The number of nitrogens with two attached hydrogens (primary N) is 1. The standard InChI is InChI=1S/C7H8N4O/c1-2-5-4-3-9-7(8)10-6(4)12-11-5/h3H,2H2,1H3,(H2,8,9,10). The molecule has 0 aliphatic rings. The number of fused-ring (bicyclic) bond motifs is 1. The minimum absolute atomic E-state index is 0.210. The number of aryl methyl sites for hydroxylation is 1. The second kappa shape index (κ2) is 2.44. The predicted molar refractivity (Wildman–Crippen MR) is 43.4 cm³/mol. The second-order valence-corrected chi connectivity index (χ2v) is 2.43. The fraction of sp³-hybridized carbons (Fsp3) is 0.286. The predicted octanol–water partition coefficient (Wildman–Crippen LogP) is 0.762. The Labute approximate surface area is 68.6 Å². The average Bonchev–Trinajstić information content (AvgIpc) is 2.46. The Hall–Kier alpha value is -1.65. The van der Waals surface area contributed by atoms with Crippen LogP contribution in [0.25, 0.3) is 11.1 Å². The minimum atomic E-state index is 0.210. The highest BCUT2D eigenvalue weighted by Gasteiger charge is 2.07. The van der Waals surface area contributed by atoms with Gasteiger partial charge in [0.2, 0.25) is 5.95 Å². The molecule has 2 rings (SSSR count). The van der Waals surface area contributed by atoms with E-state index in [-0.39, 0.29) is 5.95 Å². The molecule has 0 radical (unpaired) electrons. The van der Waals surface area contributed by atoms with Crippen molar-refractivity contribution in [3.05, 3.63) is 11.9 Å². The second-order valence-electron chi connectivity index (χ2n) is 2.43. The van der Waals surface area contributed by atoms with Gasteiger partial charge in [-0.1, -0.05) is 12.1 Å². The highest BCUT2D eigenvalue weighted by atomic mass is 16.5. The fourth-order valence-electron chi connectivity index (χ4n) is 1.05. The summed E-state index contributed by atoms with van der Waals surface area (Å²) >= 11 is 0. The molecular weight excluding hydrogens is 156 g/mol. The van der Waals surface area contributed by atoms with Crippen molar-refractivity contribution in [1.29, 1.82) is 0 Å². The molecule has 12 heavy (non-hydrogen) atoms. The van der Waals surface area contributed by atoms with Gasteiger partial charge < -0.3 is 10.3 Å². The van der Waals surface area contributed by atoms with Crippen LogP contribution in [0.5, 0.6) is 0 Å². The number of hydrogen-bond donors (Lipinski definition) is 1. The van der Waals surface area contributed by atoms with Crippen molar-refractivity contribution in [2.24, 2.45) is 0 Å². The van der Waals surface area contributed by atoms with E-state index in [4.69, 9.17) is 10.3 Å². The van der Waals surface area contributed by atoms with Gasteiger partial charge in [0.1, 0.15) is 0 Å². The van der Waals surface area contributed by atoms with Crippen LogP contribution in [0.4, 0.5) is 5.95 Å². The highest BCUT2D eigenvalue weighted by molar-refractivity contribution is 5.75. The van der Waals surface area contributed by atoms with E-state index in [1.807, 2.05) is 6.92 Å². The van der Waals surface area contributed by atoms with Crippen LogP contribution in [0, 0.1) is 0 Å². The number of rotatable bonds is 1. The van der Waals surface area contributed by atoms with Crippen LogP contribution in [0.3, 0.4) is 0 Å². The summed E-state index contributed by atoms with van der Waals surface area (Å²) in [6.07, 6.45) is 2.44. The minimum Gasteiger partial charge on any atom is -0.368 e. The van der Waals surface area contributed by atoms with Gasteiger partial charge >= 0.3 is 0 Å². The third-order valence-corrected chi connectivity index (χ3v) is 1.66. The lowest BCUT2D eigenvalue weighted by atomic mass is 10.2. The van der Waals surface area contributed by atoms with Crippen LogP contribution in [-0.2, 0) is 6.42 Å². The largest absolute Gasteiger partial charge is 0.368 e. The van der Waals surface area contributed by atoms with E-state index in [1.54, 1.807) is 6.20 Å². The van der Waals surface area contributed by atoms with Crippen LogP contribution in [0.1, 0.15) is 12.6 Å². The molecule has 0 unspecified atom stereocenters. The first-order valence-corrected chi connectivity index (χ1v) is 3.68. The first-order chi connectivity index (χ1) is 5.81. The van der Waals surface area contributed by atoms with Crippen molar-refractivity contribution < 1.29 is 4.52 Å². The zero-order valence-electron chi connectivity index (χ0n) is 6.61. The smallest absolute Gasteiger partial charge is 0.262 e. The Morgan fingerprint density at radius 3 is 3.17 bits per heavy atom. The average molecular weight is 164 g/mol. The third kappa shape index (κ3) is 0.903. The molecular formula is C7H8N4O. The Bertz CT molecular complexity index is 409. The first-order valence-electron chi connectivity index (χ1n) is 3.68. The van der Waals surface area contributed by atoms with Gasteiger partial charge in [-0.2, -0.15) is 4.98 Å². The molecule has 2 N–H and O–H groups in total. The van der Waals surface area contributed by atoms with E-state index in [9.17, 15) is 0 Å². The summed E-state index contributed by atoms with van der Waals surface area (Å²) in [5, 5.41) is 4.66. The molecule has 0 saturated carbocycles. The number of anilines is 1. The molecule has 0 aliphatic carbocycles. The van der Waals surface area contributed by atoms with Gasteiger partial charge in [0.05, 0.1) is 11.1 Å². The monoisotopic (exact) mass is 164 g/mol. The maximum atomic E-state index is 5.36. The summed E-state index contributed by atoms with van der Waals surface area (Å²) in [5.74, 6) is 0.210. The Kier molecular flexibility index (Phi) is 1.43. The quantitative estimate of drug-likeness (QED) is 0.673. The molecule has 2 heterocycles. The van der Waals surface area contributed by atoms with Gasteiger partial charge in [-0.15, -0.1) is 0 Å². The fourth-order valence-corrected chi connectivity index (χ4v) is 1.05. The van der Waals surface area contributed by atoms with Crippen molar-refractivity contribution in [2.75, 3.05) is 5.73 Å². The van der Waals surface area contributed by atoms with E-state index in [1.165, 1.54) is 0 Å². The molecule has 0 spiro atoms. The summed E-state index contributed by atoms with van der Waals surface area (Å²) in [4.78, 5) is 7.74. The summed E-state index contributed by atoms with van der Waals surface area (Å²) < 4.78 is 4.94. The molecule has 0 aromatic carbocycles. The summed E-state index contributed by atoms with van der Waals surface area (Å²) in [7, 11) is 0. The van der Waals surface area contributed by atoms with E-state index in [2.05, 4.69) is 15.1 Å². The molecule has 0 fully saturated rings. The zero-order valence-corrected chi connectivity index (χ0v) is 6.61. The molecule has 0 amide bonds. The highest BCUT2D eigenvalue weighted by Crippen LogP contribution is 2.15. The zero-order chi connectivity index (χ0) is 8.55. The topological polar surface area (TPSA) is 77.8 Å². The van der Waals surface area contributed by atoms with Gasteiger partial charge in [0.15, 0.2) is 0 Å². The van der Waals surface area contributed by atoms with Gasteiger partial charge in [-0.3, -0.25) is 0 Å². The summed E-state index contributed by atoms with van der Waals surface area (Å²) in [6, 6.07) is 0. The number of nitrogens with zero attached hydrogens (tertiary/aromatic N) is 3. The number of aromatic nitrogens is 3. The van der Waals surface area contributed by atoms with Crippen LogP contribution in [-0.4, -0.2) is 15.1 Å². The molecule has 2 aromatic heterocycles. The molecule has 0 saturated heterocycles. The third-order valence-electron chi connectivity index (χ3n) is 1.66. The molecule has 5 nitrogen and oxygen atoms in total. The summed E-state index contributed by atoms with van der Waals surface area (Å²) in [6.45, 7) is 1.99. The number of nitrogen functional groups attached to an aromatic ring is 1. The van der Waals surface area contributed by atoms with Crippen molar-refractivity contribution in [3.8, 4) is 0 Å². The Balaban J connectivity index is 2.73.